The number of carbonyl (C=O) groups is 2. The Bertz CT molecular complexity index is 579. The van der Waals surface area contributed by atoms with Crippen LogP contribution in [-0.4, -0.2) is 36.7 Å². The van der Waals surface area contributed by atoms with E-state index >= 15 is 0 Å². The van der Waals surface area contributed by atoms with Gasteiger partial charge >= 0.3 is 5.97 Å². The molecule has 0 atom stereocenters. The molecule has 0 aliphatic carbocycles. The third-order valence-electron chi connectivity index (χ3n) is 2.92. The number of carboxylic acid groups (broad SMARTS) is 1. The Balaban J connectivity index is 2.07. The molecular weight excluding hydrogens is 274 g/mol. The van der Waals surface area contributed by atoms with Gasteiger partial charge in [-0.15, -0.1) is 0 Å². The lowest BCUT2D eigenvalue weighted by atomic mass is 10.1. The predicted molar refractivity (Wildman–Crippen MR) is 76.3 cm³/mol. The van der Waals surface area contributed by atoms with Crippen molar-refractivity contribution in [1.29, 1.82) is 0 Å². The van der Waals surface area contributed by atoms with Crippen LogP contribution < -0.4 is 14.8 Å². The molecule has 0 saturated heterocycles. The Kier molecular flexibility index (Phi) is 4.81. The first kappa shape index (κ1) is 14.9. The van der Waals surface area contributed by atoms with E-state index < -0.39 is 5.97 Å². The summed E-state index contributed by atoms with van der Waals surface area (Å²) in [6.45, 7) is 2.72. The summed E-state index contributed by atoms with van der Waals surface area (Å²) in [5.74, 6) is 0.142. The maximum atomic E-state index is 11.9. The zero-order chi connectivity index (χ0) is 15.2. The van der Waals surface area contributed by atoms with Gasteiger partial charge in [0.1, 0.15) is 18.1 Å². The number of carboxylic acids is 1. The number of hydrogen-bond donors (Lipinski definition) is 2. The van der Waals surface area contributed by atoms with Gasteiger partial charge in [0.15, 0.2) is 0 Å². The molecule has 21 heavy (non-hydrogen) atoms. The van der Waals surface area contributed by atoms with E-state index in [0.29, 0.717) is 23.7 Å². The molecule has 1 amide bonds. The SMILES string of the molecule is CCOc1ccc2c(c1)C=C(C(=O)NCCC(=O)O)CO2. The smallest absolute Gasteiger partial charge is 0.305 e. The summed E-state index contributed by atoms with van der Waals surface area (Å²) in [6.07, 6.45) is 1.63. The largest absolute Gasteiger partial charge is 0.494 e. The summed E-state index contributed by atoms with van der Waals surface area (Å²) in [5.41, 5.74) is 1.23. The average Bonchev–Trinajstić information content (AvgIpc) is 2.46. The highest BCUT2D eigenvalue weighted by Crippen LogP contribution is 2.30. The van der Waals surface area contributed by atoms with Crippen LogP contribution in [-0.2, 0) is 9.59 Å². The number of hydrogen-bond acceptors (Lipinski definition) is 4. The van der Waals surface area contributed by atoms with Crippen molar-refractivity contribution in [2.24, 2.45) is 0 Å². The molecule has 1 heterocycles. The molecule has 6 nitrogen and oxygen atoms in total. The van der Waals surface area contributed by atoms with Gasteiger partial charge in [0.2, 0.25) is 0 Å². The van der Waals surface area contributed by atoms with Crippen LogP contribution in [0.5, 0.6) is 11.5 Å². The van der Waals surface area contributed by atoms with Gasteiger partial charge < -0.3 is 19.9 Å². The summed E-state index contributed by atoms with van der Waals surface area (Å²) in [4.78, 5) is 22.3. The minimum Gasteiger partial charge on any atom is -0.494 e. The molecule has 0 saturated carbocycles. The average molecular weight is 291 g/mol. The Hall–Kier alpha value is -2.50. The van der Waals surface area contributed by atoms with Crippen LogP contribution in [0.1, 0.15) is 18.9 Å². The number of amides is 1. The van der Waals surface area contributed by atoms with Gasteiger partial charge in [-0.3, -0.25) is 9.59 Å². The minimum absolute atomic E-state index is 0.0946. The van der Waals surface area contributed by atoms with E-state index in [0.717, 1.165) is 5.56 Å². The van der Waals surface area contributed by atoms with E-state index in [1.807, 2.05) is 19.1 Å². The zero-order valence-electron chi connectivity index (χ0n) is 11.7. The highest BCUT2D eigenvalue weighted by molar-refractivity contribution is 5.99. The van der Waals surface area contributed by atoms with Gasteiger partial charge in [-0.2, -0.15) is 0 Å². The van der Waals surface area contributed by atoms with Gasteiger partial charge in [-0.05, 0) is 31.2 Å². The van der Waals surface area contributed by atoms with Crippen molar-refractivity contribution in [2.45, 2.75) is 13.3 Å². The van der Waals surface area contributed by atoms with Crippen LogP contribution in [0.4, 0.5) is 0 Å². The van der Waals surface area contributed by atoms with Crippen molar-refractivity contribution in [2.75, 3.05) is 19.8 Å². The highest BCUT2D eigenvalue weighted by atomic mass is 16.5. The molecule has 6 heteroatoms. The predicted octanol–water partition coefficient (Wildman–Crippen LogP) is 1.45. The quantitative estimate of drug-likeness (QED) is 0.828. The van der Waals surface area contributed by atoms with Crippen LogP contribution in [0.3, 0.4) is 0 Å². The number of rotatable bonds is 6. The fourth-order valence-corrected chi connectivity index (χ4v) is 1.94. The molecule has 0 radical (unpaired) electrons. The van der Waals surface area contributed by atoms with Gasteiger partial charge in [0.25, 0.3) is 5.91 Å². The minimum atomic E-state index is -0.948. The third kappa shape index (κ3) is 3.98. The second-order valence-electron chi connectivity index (χ2n) is 4.49. The lowest BCUT2D eigenvalue weighted by Gasteiger charge is -2.18. The van der Waals surface area contributed by atoms with E-state index in [9.17, 15) is 9.59 Å². The first-order chi connectivity index (χ1) is 10.1. The number of nitrogens with one attached hydrogen (secondary N) is 1. The summed E-state index contributed by atoms with van der Waals surface area (Å²) >= 11 is 0. The van der Waals surface area contributed by atoms with Crippen LogP contribution in [0.15, 0.2) is 23.8 Å². The van der Waals surface area contributed by atoms with Crippen molar-refractivity contribution in [3.05, 3.63) is 29.3 Å². The highest BCUT2D eigenvalue weighted by Gasteiger charge is 2.17. The molecule has 0 aromatic heterocycles. The third-order valence-corrected chi connectivity index (χ3v) is 2.92. The number of fused-ring (bicyclic) bond motifs is 1. The first-order valence-corrected chi connectivity index (χ1v) is 6.70. The summed E-state index contributed by atoms with van der Waals surface area (Å²) in [6, 6.07) is 5.42. The number of benzene rings is 1. The van der Waals surface area contributed by atoms with Crippen molar-refractivity contribution in [1.82, 2.24) is 5.32 Å². The Morgan fingerprint density at radius 1 is 1.43 bits per heavy atom. The second kappa shape index (κ2) is 6.78. The zero-order valence-corrected chi connectivity index (χ0v) is 11.7. The van der Waals surface area contributed by atoms with Crippen LogP contribution in [0.25, 0.3) is 6.08 Å². The molecule has 0 bridgehead atoms. The molecule has 2 rings (SSSR count). The molecule has 2 N–H and O–H groups in total. The van der Waals surface area contributed by atoms with E-state index in [1.54, 1.807) is 12.1 Å². The molecule has 1 aromatic rings. The summed E-state index contributed by atoms with van der Waals surface area (Å²) < 4.78 is 10.9. The molecule has 1 aliphatic heterocycles. The summed E-state index contributed by atoms with van der Waals surface area (Å²) in [7, 11) is 0. The van der Waals surface area contributed by atoms with Crippen LogP contribution in [0.2, 0.25) is 0 Å². The van der Waals surface area contributed by atoms with E-state index in [-0.39, 0.29) is 25.5 Å². The Morgan fingerprint density at radius 2 is 2.24 bits per heavy atom. The molecular formula is C15H17NO5. The normalized spacial score (nSPS) is 12.7. The second-order valence-corrected chi connectivity index (χ2v) is 4.49. The van der Waals surface area contributed by atoms with E-state index in [2.05, 4.69) is 5.32 Å². The fraction of sp³-hybridized carbons (Fsp3) is 0.333. The van der Waals surface area contributed by atoms with Crippen molar-refractivity contribution >= 4 is 18.0 Å². The molecule has 1 aliphatic rings. The van der Waals surface area contributed by atoms with Gasteiger partial charge in [-0.25, -0.2) is 0 Å². The van der Waals surface area contributed by atoms with Crippen LogP contribution >= 0.6 is 0 Å². The molecule has 0 unspecified atom stereocenters. The van der Waals surface area contributed by atoms with E-state index in [1.165, 1.54) is 0 Å². The standard InChI is InChI=1S/C15H17NO5/c1-2-20-12-3-4-13-10(8-12)7-11(9-21-13)15(19)16-6-5-14(17)18/h3-4,7-8H,2,5-6,9H2,1H3,(H,16,19)(H,17,18). The van der Waals surface area contributed by atoms with Crippen molar-refractivity contribution < 1.29 is 24.2 Å². The van der Waals surface area contributed by atoms with Gasteiger partial charge in [0.05, 0.1) is 18.6 Å². The van der Waals surface area contributed by atoms with Crippen molar-refractivity contribution in [3.8, 4) is 11.5 Å². The Morgan fingerprint density at radius 3 is 2.95 bits per heavy atom. The number of carbonyl (C=O) groups excluding carboxylic acids is 1. The van der Waals surface area contributed by atoms with Crippen molar-refractivity contribution in [3.63, 3.8) is 0 Å². The molecule has 112 valence electrons. The number of aliphatic carboxylic acids is 1. The summed E-state index contributed by atoms with van der Waals surface area (Å²) in [5, 5.41) is 11.1. The van der Waals surface area contributed by atoms with Crippen LogP contribution in [0, 0.1) is 0 Å². The lowest BCUT2D eigenvalue weighted by molar-refractivity contribution is -0.136. The first-order valence-electron chi connectivity index (χ1n) is 6.70. The maximum Gasteiger partial charge on any atom is 0.305 e. The maximum absolute atomic E-state index is 11.9. The molecule has 1 aromatic carbocycles. The monoisotopic (exact) mass is 291 g/mol. The number of ether oxygens (including phenoxy) is 2. The van der Waals surface area contributed by atoms with Gasteiger partial charge in [-0.1, -0.05) is 0 Å². The fourth-order valence-electron chi connectivity index (χ4n) is 1.94. The molecule has 0 spiro atoms. The molecule has 0 fully saturated rings. The topological polar surface area (TPSA) is 84.9 Å². The Labute approximate surface area is 122 Å². The van der Waals surface area contributed by atoms with Gasteiger partial charge in [0, 0.05) is 12.1 Å². The lowest BCUT2D eigenvalue weighted by Crippen LogP contribution is -2.30. The van der Waals surface area contributed by atoms with E-state index in [4.69, 9.17) is 14.6 Å².